The lowest BCUT2D eigenvalue weighted by molar-refractivity contribution is 0.167. The summed E-state index contributed by atoms with van der Waals surface area (Å²) >= 11 is 0. The van der Waals surface area contributed by atoms with Crippen LogP contribution in [-0.4, -0.2) is 78.1 Å². The Balaban J connectivity index is 1.84. The molecule has 1 aromatic rings. The van der Waals surface area contributed by atoms with E-state index in [9.17, 15) is 13.2 Å². The lowest BCUT2D eigenvalue weighted by Gasteiger charge is -2.34. The number of sulfonamides is 1. The number of aromatic nitrogens is 2. The van der Waals surface area contributed by atoms with Gasteiger partial charge in [0, 0.05) is 52.5 Å². The highest BCUT2D eigenvalue weighted by atomic mass is 32.2. The average Bonchev–Trinajstić information content (AvgIpc) is 2.85. The predicted molar refractivity (Wildman–Crippen MR) is 93.6 cm³/mol. The van der Waals surface area contributed by atoms with E-state index in [-0.39, 0.29) is 22.9 Å². The first-order valence-electron chi connectivity index (χ1n) is 8.83. The Morgan fingerprint density at radius 1 is 1.28 bits per heavy atom. The van der Waals surface area contributed by atoms with E-state index in [0.717, 1.165) is 19.3 Å². The number of aryl methyl sites for hydroxylation is 1. The van der Waals surface area contributed by atoms with Crippen LogP contribution in [0, 0.1) is 5.92 Å². The van der Waals surface area contributed by atoms with Gasteiger partial charge in [0.05, 0.1) is 6.20 Å². The maximum atomic E-state index is 13.1. The molecule has 0 radical (unpaired) electrons. The second-order valence-electron chi connectivity index (χ2n) is 7.19. The van der Waals surface area contributed by atoms with Crippen LogP contribution >= 0.6 is 0 Å². The molecule has 3 saturated heterocycles. The Bertz CT molecular complexity index is 730. The van der Waals surface area contributed by atoms with Crippen molar-refractivity contribution in [1.82, 2.24) is 23.9 Å². The summed E-state index contributed by atoms with van der Waals surface area (Å²) in [6, 6.07) is -0.214. The molecule has 2 atom stereocenters. The number of nitrogens with zero attached hydrogens (tertiary/aromatic N) is 5. The van der Waals surface area contributed by atoms with Crippen molar-refractivity contribution in [3.05, 3.63) is 12.4 Å². The molecule has 3 aliphatic heterocycles. The molecule has 8 nitrogen and oxygen atoms in total. The van der Waals surface area contributed by atoms with Gasteiger partial charge in [-0.2, -0.15) is 9.40 Å². The zero-order valence-corrected chi connectivity index (χ0v) is 15.9. The molecule has 4 heterocycles. The number of fused-ring (bicyclic) bond motifs is 4. The number of rotatable bonds is 4. The molecule has 0 saturated carbocycles. The highest BCUT2D eigenvalue weighted by Crippen LogP contribution is 2.32. The van der Waals surface area contributed by atoms with Crippen LogP contribution in [0.2, 0.25) is 0 Å². The van der Waals surface area contributed by atoms with Gasteiger partial charge in [0.2, 0.25) is 10.0 Å². The summed E-state index contributed by atoms with van der Waals surface area (Å²) < 4.78 is 29.5. The molecule has 1 aromatic heterocycles. The topological polar surface area (TPSA) is 78.8 Å². The third kappa shape index (κ3) is 3.52. The molecular formula is C16H27N5O3S. The van der Waals surface area contributed by atoms with Crippen molar-refractivity contribution in [3.63, 3.8) is 0 Å². The largest absolute Gasteiger partial charge is 0.331 e. The fourth-order valence-corrected chi connectivity index (χ4v) is 5.41. The van der Waals surface area contributed by atoms with Crippen molar-refractivity contribution in [2.24, 2.45) is 5.92 Å². The fourth-order valence-electron chi connectivity index (χ4n) is 3.74. The molecule has 0 unspecified atom stereocenters. The molecule has 3 aliphatic rings. The van der Waals surface area contributed by atoms with Gasteiger partial charge >= 0.3 is 6.03 Å². The Labute approximate surface area is 149 Å². The number of hydrogen-bond donors (Lipinski definition) is 0. The first kappa shape index (κ1) is 18.2. The number of piperidine rings is 1. The minimum Gasteiger partial charge on any atom is -0.331 e. The van der Waals surface area contributed by atoms with Crippen LogP contribution in [0.3, 0.4) is 0 Å². The Morgan fingerprint density at radius 2 is 2.04 bits per heavy atom. The van der Waals surface area contributed by atoms with E-state index in [1.165, 1.54) is 6.20 Å². The second kappa shape index (κ2) is 6.95. The Morgan fingerprint density at radius 3 is 2.72 bits per heavy atom. The van der Waals surface area contributed by atoms with Crippen molar-refractivity contribution in [1.29, 1.82) is 0 Å². The van der Waals surface area contributed by atoms with Crippen LogP contribution in [0.25, 0.3) is 0 Å². The van der Waals surface area contributed by atoms with Crippen LogP contribution < -0.4 is 0 Å². The first-order chi connectivity index (χ1) is 11.8. The van der Waals surface area contributed by atoms with Gasteiger partial charge in [0.15, 0.2) is 0 Å². The highest BCUT2D eigenvalue weighted by Gasteiger charge is 2.42. The first-order valence-corrected chi connectivity index (χ1v) is 10.3. The van der Waals surface area contributed by atoms with Crippen LogP contribution in [0.1, 0.15) is 26.2 Å². The average molecular weight is 369 g/mol. The monoisotopic (exact) mass is 369 g/mol. The number of urea groups is 1. The highest BCUT2D eigenvalue weighted by molar-refractivity contribution is 7.89. The minimum atomic E-state index is -3.58. The van der Waals surface area contributed by atoms with E-state index in [1.807, 2.05) is 6.92 Å². The third-order valence-corrected chi connectivity index (χ3v) is 6.86. The molecule has 0 aliphatic carbocycles. The van der Waals surface area contributed by atoms with Crippen LogP contribution in [0.5, 0.6) is 0 Å². The van der Waals surface area contributed by atoms with Crippen molar-refractivity contribution in [3.8, 4) is 0 Å². The molecule has 0 N–H and O–H groups in total. The standard InChI is InChI=1S/C16H27N5O3S/c1-4-7-20-12-15(8-17-20)25(23,24)21-10-13-5-6-14(21)11-19(9-13)16(22)18(2)3/h8,12-14H,4-7,9-11H2,1-3H3/t13-,14+/m1/s1. The maximum absolute atomic E-state index is 13.1. The molecule has 2 bridgehead atoms. The molecule has 3 fully saturated rings. The number of hydrogen-bond acceptors (Lipinski definition) is 4. The molecule has 4 rings (SSSR count). The summed E-state index contributed by atoms with van der Waals surface area (Å²) in [5.74, 6) is 0.183. The lowest BCUT2D eigenvalue weighted by Crippen LogP contribution is -2.48. The number of carbonyl (C=O) groups excluding carboxylic acids is 1. The molecular weight excluding hydrogens is 342 g/mol. The van der Waals surface area contributed by atoms with E-state index in [2.05, 4.69) is 5.10 Å². The van der Waals surface area contributed by atoms with E-state index < -0.39 is 10.0 Å². The van der Waals surface area contributed by atoms with E-state index in [1.54, 1.807) is 39.1 Å². The summed E-state index contributed by atoms with van der Waals surface area (Å²) in [5, 5.41) is 4.16. The van der Waals surface area contributed by atoms with Crippen molar-refractivity contribution in [2.45, 2.75) is 43.7 Å². The van der Waals surface area contributed by atoms with Gasteiger partial charge in [0.1, 0.15) is 4.90 Å². The summed E-state index contributed by atoms with van der Waals surface area (Å²) in [4.78, 5) is 15.9. The maximum Gasteiger partial charge on any atom is 0.319 e. The quantitative estimate of drug-likeness (QED) is 0.795. The van der Waals surface area contributed by atoms with Crippen molar-refractivity contribution >= 4 is 16.1 Å². The van der Waals surface area contributed by atoms with Gasteiger partial charge in [-0.15, -0.1) is 0 Å². The van der Waals surface area contributed by atoms with Crippen LogP contribution in [0.4, 0.5) is 4.79 Å². The van der Waals surface area contributed by atoms with Gasteiger partial charge in [-0.25, -0.2) is 13.2 Å². The Kier molecular flexibility index (Phi) is 5.06. The zero-order valence-electron chi connectivity index (χ0n) is 15.1. The van der Waals surface area contributed by atoms with E-state index in [0.29, 0.717) is 26.2 Å². The van der Waals surface area contributed by atoms with Crippen LogP contribution in [-0.2, 0) is 16.6 Å². The lowest BCUT2D eigenvalue weighted by atomic mass is 9.97. The normalized spacial score (nSPS) is 24.4. The minimum absolute atomic E-state index is 0.0492. The summed E-state index contributed by atoms with van der Waals surface area (Å²) in [7, 11) is -0.129. The summed E-state index contributed by atoms with van der Waals surface area (Å²) in [6.07, 6.45) is 5.71. The van der Waals surface area contributed by atoms with Gasteiger partial charge < -0.3 is 9.80 Å². The fraction of sp³-hybridized carbons (Fsp3) is 0.750. The van der Waals surface area contributed by atoms with Gasteiger partial charge in [-0.3, -0.25) is 4.68 Å². The molecule has 0 aromatic carbocycles. The van der Waals surface area contributed by atoms with Crippen LogP contribution in [0.15, 0.2) is 17.3 Å². The second-order valence-corrected chi connectivity index (χ2v) is 9.08. The molecule has 0 spiro atoms. The summed E-state index contributed by atoms with van der Waals surface area (Å²) in [6.45, 7) is 4.28. The molecule has 9 heteroatoms. The van der Waals surface area contributed by atoms with Gasteiger partial charge in [0.25, 0.3) is 0 Å². The smallest absolute Gasteiger partial charge is 0.319 e. The van der Waals surface area contributed by atoms with Gasteiger partial charge in [-0.05, 0) is 25.2 Å². The Hall–Kier alpha value is -1.61. The molecule has 2 amide bonds. The van der Waals surface area contributed by atoms with E-state index >= 15 is 0 Å². The molecule has 25 heavy (non-hydrogen) atoms. The van der Waals surface area contributed by atoms with E-state index in [4.69, 9.17) is 0 Å². The zero-order chi connectivity index (χ0) is 18.2. The van der Waals surface area contributed by atoms with Crippen molar-refractivity contribution < 1.29 is 13.2 Å². The third-order valence-electron chi connectivity index (χ3n) is 4.99. The van der Waals surface area contributed by atoms with Gasteiger partial charge in [-0.1, -0.05) is 6.92 Å². The number of amides is 2. The SMILES string of the molecule is CCCn1cc(S(=O)(=O)N2C[C@@H]3CC[C@H]2CN(C(=O)N(C)C)C3)cn1. The number of carbonyl (C=O) groups is 1. The van der Waals surface area contributed by atoms with Crippen molar-refractivity contribution in [2.75, 3.05) is 33.7 Å². The molecule has 140 valence electrons. The summed E-state index contributed by atoms with van der Waals surface area (Å²) in [5.41, 5.74) is 0. The predicted octanol–water partition coefficient (Wildman–Crippen LogP) is 1.06.